The van der Waals surface area contributed by atoms with Gasteiger partial charge < -0.3 is 20.3 Å². The van der Waals surface area contributed by atoms with Gasteiger partial charge in [0.2, 0.25) is 0 Å². The number of benzene rings is 1. The van der Waals surface area contributed by atoms with Crippen molar-refractivity contribution in [2.24, 2.45) is 0 Å². The molecule has 1 aromatic rings. The molecule has 6 heteroatoms. The highest BCUT2D eigenvalue weighted by Crippen LogP contribution is 2.27. The van der Waals surface area contributed by atoms with Gasteiger partial charge in [-0.3, -0.25) is 4.79 Å². The van der Waals surface area contributed by atoms with Crippen LogP contribution in [0.4, 0.5) is 0 Å². The molecule has 0 saturated heterocycles. The number of halogens is 1. The zero-order valence-corrected chi connectivity index (χ0v) is 11.6. The molecule has 3 N–H and O–H groups in total. The Balaban J connectivity index is 2.48. The molecule has 0 bridgehead atoms. The molecule has 0 aliphatic rings. The molecule has 1 atom stereocenters. The Bertz CT molecular complexity index is 411. The summed E-state index contributed by atoms with van der Waals surface area (Å²) in [5, 5.41) is 21.5. The summed E-state index contributed by atoms with van der Waals surface area (Å²) in [6, 6.07) is 4.27. The minimum atomic E-state index is -0.416. The molecule has 1 rings (SSSR count). The summed E-state index contributed by atoms with van der Waals surface area (Å²) in [6.45, 7) is 1.01. The third-order valence-corrected chi connectivity index (χ3v) is 3.07. The summed E-state index contributed by atoms with van der Waals surface area (Å²) in [5.41, 5.74) is 0.0628. The second-order valence-electron chi connectivity index (χ2n) is 3.77. The van der Waals surface area contributed by atoms with Crippen LogP contribution in [0, 0.1) is 0 Å². The average molecular weight is 318 g/mol. The predicted octanol–water partition coefficient (Wildman–Crippen LogP) is 1.63. The van der Waals surface area contributed by atoms with E-state index in [0.29, 0.717) is 19.6 Å². The molecule has 0 heterocycles. The van der Waals surface area contributed by atoms with Crippen molar-refractivity contribution < 1.29 is 19.7 Å². The summed E-state index contributed by atoms with van der Waals surface area (Å²) in [7, 11) is 1.61. The molecule has 0 aliphatic heterocycles. The minimum absolute atomic E-state index is 0.0628. The van der Waals surface area contributed by atoms with Gasteiger partial charge >= 0.3 is 0 Å². The van der Waals surface area contributed by atoms with Crippen molar-refractivity contribution >= 4 is 21.8 Å². The van der Waals surface area contributed by atoms with Gasteiger partial charge in [0.25, 0.3) is 5.91 Å². The molecule has 1 amide bonds. The summed E-state index contributed by atoms with van der Waals surface area (Å²) < 4.78 is 4.95. The highest BCUT2D eigenvalue weighted by atomic mass is 79.9. The molecule has 1 aromatic carbocycles. The topological polar surface area (TPSA) is 78.8 Å². The second-order valence-corrected chi connectivity index (χ2v) is 5.07. The third kappa shape index (κ3) is 4.19. The second kappa shape index (κ2) is 7.23. The summed E-state index contributed by atoms with van der Waals surface area (Å²) in [6.07, 6.45) is 0.707. The molecule has 100 valence electrons. The molecule has 0 saturated carbocycles. The monoisotopic (exact) mass is 317 g/mol. The Labute approximate surface area is 114 Å². The van der Waals surface area contributed by atoms with E-state index < -0.39 is 11.7 Å². The van der Waals surface area contributed by atoms with E-state index in [1.807, 2.05) is 0 Å². The number of phenols is 2. The van der Waals surface area contributed by atoms with Gasteiger partial charge in [0.1, 0.15) is 0 Å². The largest absolute Gasteiger partial charge is 0.504 e. The predicted molar refractivity (Wildman–Crippen MR) is 71.3 cm³/mol. The highest BCUT2D eigenvalue weighted by Gasteiger charge is 2.13. The van der Waals surface area contributed by atoms with E-state index in [0.717, 1.165) is 0 Å². The third-order valence-electron chi connectivity index (χ3n) is 2.35. The van der Waals surface area contributed by atoms with Crippen LogP contribution in [-0.2, 0) is 4.74 Å². The van der Waals surface area contributed by atoms with E-state index in [-0.39, 0.29) is 16.1 Å². The SMILES string of the molecule is COCC(Br)CCNC(=O)c1cccc(O)c1O. The molecular formula is C12H16BrNO4. The molecule has 18 heavy (non-hydrogen) atoms. The maximum atomic E-state index is 11.7. The first-order chi connectivity index (χ1) is 8.56. The van der Waals surface area contributed by atoms with Gasteiger partial charge in [-0.15, -0.1) is 0 Å². The van der Waals surface area contributed by atoms with Gasteiger partial charge in [0.15, 0.2) is 11.5 Å². The molecule has 1 unspecified atom stereocenters. The standard InChI is InChI=1S/C12H16BrNO4/c1-18-7-8(13)5-6-14-12(17)9-3-2-4-10(15)11(9)16/h2-4,8,15-16H,5-7H2,1H3,(H,14,17). The van der Waals surface area contributed by atoms with E-state index in [4.69, 9.17) is 4.74 Å². The van der Waals surface area contributed by atoms with E-state index in [1.54, 1.807) is 7.11 Å². The number of carbonyl (C=O) groups is 1. The Hall–Kier alpha value is -1.27. The first kappa shape index (κ1) is 14.8. The number of phenolic OH excluding ortho intramolecular Hbond substituents is 2. The lowest BCUT2D eigenvalue weighted by Crippen LogP contribution is -2.26. The minimum Gasteiger partial charge on any atom is -0.504 e. The Morgan fingerprint density at radius 3 is 2.89 bits per heavy atom. The first-order valence-electron chi connectivity index (χ1n) is 5.48. The van der Waals surface area contributed by atoms with Gasteiger partial charge in [-0.2, -0.15) is 0 Å². The molecule has 0 fully saturated rings. The maximum absolute atomic E-state index is 11.7. The van der Waals surface area contributed by atoms with E-state index in [9.17, 15) is 15.0 Å². The fourth-order valence-electron chi connectivity index (χ4n) is 1.42. The van der Waals surface area contributed by atoms with Crippen LogP contribution in [0.5, 0.6) is 11.5 Å². The van der Waals surface area contributed by atoms with Crippen molar-refractivity contribution in [2.75, 3.05) is 20.3 Å². The Kier molecular flexibility index (Phi) is 5.94. The maximum Gasteiger partial charge on any atom is 0.255 e. The van der Waals surface area contributed by atoms with Gasteiger partial charge in [-0.1, -0.05) is 22.0 Å². The van der Waals surface area contributed by atoms with Crippen LogP contribution < -0.4 is 5.32 Å². The van der Waals surface area contributed by atoms with Crippen LogP contribution in [0.1, 0.15) is 16.8 Å². The highest BCUT2D eigenvalue weighted by molar-refractivity contribution is 9.09. The lowest BCUT2D eigenvalue weighted by molar-refractivity contribution is 0.0948. The van der Waals surface area contributed by atoms with Crippen molar-refractivity contribution in [3.05, 3.63) is 23.8 Å². The van der Waals surface area contributed by atoms with Crippen LogP contribution in [0.2, 0.25) is 0 Å². The quantitative estimate of drug-likeness (QED) is 0.550. The number of para-hydroxylation sites is 1. The smallest absolute Gasteiger partial charge is 0.255 e. The van der Waals surface area contributed by atoms with Gasteiger partial charge in [-0.25, -0.2) is 0 Å². The fraction of sp³-hybridized carbons (Fsp3) is 0.417. The molecule has 5 nitrogen and oxygen atoms in total. The summed E-state index contributed by atoms with van der Waals surface area (Å²) >= 11 is 3.40. The Morgan fingerprint density at radius 1 is 1.50 bits per heavy atom. The van der Waals surface area contributed by atoms with Crippen LogP contribution in [0.3, 0.4) is 0 Å². The summed E-state index contributed by atoms with van der Waals surface area (Å²) in [5.74, 6) is -1.12. The van der Waals surface area contributed by atoms with Gasteiger partial charge in [-0.05, 0) is 18.6 Å². The molecule has 0 aliphatic carbocycles. The van der Waals surface area contributed by atoms with Gasteiger partial charge in [0.05, 0.1) is 12.2 Å². The van der Waals surface area contributed by atoms with Crippen molar-refractivity contribution in [2.45, 2.75) is 11.2 Å². The van der Waals surface area contributed by atoms with E-state index in [2.05, 4.69) is 21.2 Å². The fourth-order valence-corrected chi connectivity index (χ4v) is 1.91. The molecule has 0 spiro atoms. The number of hydrogen-bond donors (Lipinski definition) is 3. The average Bonchev–Trinajstić information content (AvgIpc) is 2.33. The lowest BCUT2D eigenvalue weighted by Gasteiger charge is -2.10. The van der Waals surface area contributed by atoms with Crippen molar-refractivity contribution in [1.82, 2.24) is 5.32 Å². The lowest BCUT2D eigenvalue weighted by atomic mass is 10.1. The first-order valence-corrected chi connectivity index (χ1v) is 6.40. The number of alkyl halides is 1. The molecule has 0 radical (unpaired) electrons. The van der Waals surface area contributed by atoms with Crippen LogP contribution in [0.25, 0.3) is 0 Å². The Morgan fingerprint density at radius 2 is 2.22 bits per heavy atom. The number of rotatable bonds is 6. The van der Waals surface area contributed by atoms with Crippen LogP contribution >= 0.6 is 15.9 Å². The van der Waals surface area contributed by atoms with E-state index >= 15 is 0 Å². The van der Waals surface area contributed by atoms with Gasteiger partial charge in [0, 0.05) is 18.5 Å². The van der Waals surface area contributed by atoms with Crippen molar-refractivity contribution in [3.8, 4) is 11.5 Å². The molecule has 0 aromatic heterocycles. The zero-order chi connectivity index (χ0) is 13.5. The normalized spacial score (nSPS) is 12.1. The van der Waals surface area contributed by atoms with E-state index in [1.165, 1.54) is 18.2 Å². The number of hydrogen-bond acceptors (Lipinski definition) is 4. The molecular weight excluding hydrogens is 302 g/mol. The summed E-state index contributed by atoms with van der Waals surface area (Å²) in [4.78, 5) is 11.9. The number of nitrogens with one attached hydrogen (secondary N) is 1. The van der Waals surface area contributed by atoms with Crippen molar-refractivity contribution in [1.29, 1.82) is 0 Å². The number of methoxy groups -OCH3 is 1. The van der Waals surface area contributed by atoms with Crippen molar-refractivity contribution in [3.63, 3.8) is 0 Å². The zero-order valence-electron chi connectivity index (χ0n) is 10.0. The van der Waals surface area contributed by atoms with Crippen LogP contribution in [0.15, 0.2) is 18.2 Å². The number of carbonyl (C=O) groups excluding carboxylic acids is 1. The number of ether oxygens (including phenoxy) is 1. The number of amides is 1. The van der Waals surface area contributed by atoms with Crippen LogP contribution in [-0.4, -0.2) is 41.2 Å². The number of aromatic hydroxyl groups is 2.